The quantitative estimate of drug-likeness (QED) is 0.864. The summed E-state index contributed by atoms with van der Waals surface area (Å²) < 4.78 is 38.2. The summed E-state index contributed by atoms with van der Waals surface area (Å²) in [5.74, 6) is -4.27. The summed E-state index contributed by atoms with van der Waals surface area (Å²) in [6.07, 6.45) is -4.75. The number of benzene rings is 1. The first-order valence-electron chi connectivity index (χ1n) is 5.50. The maximum Gasteiger partial charge on any atom is 0.403 e. The van der Waals surface area contributed by atoms with Crippen molar-refractivity contribution in [2.24, 2.45) is 5.92 Å². The Kier molecular flexibility index (Phi) is 5.37. The number of hydrogen-bond donors (Lipinski definition) is 2. The van der Waals surface area contributed by atoms with Crippen molar-refractivity contribution < 1.29 is 23.1 Å². The highest BCUT2D eigenvalue weighted by Crippen LogP contribution is 2.26. The number of alkyl halides is 3. The number of halogens is 4. The fourth-order valence-electron chi connectivity index (χ4n) is 1.51. The first-order valence-corrected chi connectivity index (χ1v) is 6.29. The van der Waals surface area contributed by atoms with Crippen LogP contribution < -0.4 is 5.32 Å². The van der Waals surface area contributed by atoms with Gasteiger partial charge in [0, 0.05) is 17.1 Å². The summed E-state index contributed by atoms with van der Waals surface area (Å²) in [7, 11) is 0. The Labute approximate surface area is 116 Å². The number of carboxylic acids is 1. The molecule has 0 radical (unpaired) electrons. The number of rotatable bonds is 5. The first kappa shape index (κ1) is 16.0. The normalized spacial score (nSPS) is 15.0. The third-order valence-corrected chi connectivity index (χ3v) is 3.22. The lowest BCUT2D eigenvalue weighted by atomic mass is 10.1. The van der Waals surface area contributed by atoms with Gasteiger partial charge in [0.2, 0.25) is 0 Å². The van der Waals surface area contributed by atoms with Crippen molar-refractivity contribution in [3.05, 3.63) is 34.3 Å². The third-order valence-electron chi connectivity index (χ3n) is 2.69. The van der Waals surface area contributed by atoms with Gasteiger partial charge < -0.3 is 10.4 Å². The van der Waals surface area contributed by atoms with Crippen molar-refractivity contribution in [1.29, 1.82) is 0 Å². The Morgan fingerprint density at radius 3 is 2.32 bits per heavy atom. The van der Waals surface area contributed by atoms with E-state index in [-0.39, 0.29) is 6.04 Å². The average molecular weight is 340 g/mol. The zero-order chi connectivity index (χ0) is 14.6. The topological polar surface area (TPSA) is 49.3 Å². The van der Waals surface area contributed by atoms with E-state index >= 15 is 0 Å². The van der Waals surface area contributed by atoms with Crippen molar-refractivity contribution in [3.8, 4) is 0 Å². The van der Waals surface area contributed by atoms with Gasteiger partial charge in [0.05, 0.1) is 0 Å². The van der Waals surface area contributed by atoms with Crippen molar-refractivity contribution in [3.63, 3.8) is 0 Å². The number of aliphatic carboxylic acids is 1. The summed E-state index contributed by atoms with van der Waals surface area (Å²) in [6, 6.07) is 6.69. The van der Waals surface area contributed by atoms with Crippen LogP contribution in [0.4, 0.5) is 13.2 Å². The molecule has 0 saturated heterocycles. The summed E-state index contributed by atoms with van der Waals surface area (Å²) in [5, 5.41) is 11.2. The largest absolute Gasteiger partial charge is 0.481 e. The van der Waals surface area contributed by atoms with E-state index in [0.29, 0.717) is 0 Å². The summed E-state index contributed by atoms with van der Waals surface area (Å²) in [4.78, 5) is 10.6. The molecule has 0 amide bonds. The lowest BCUT2D eigenvalue weighted by molar-refractivity contribution is -0.192. The third kappa shape index (κ3) is 4.83. The fraction of sp³-hybridized carbons (Fsp3) is 0.417. The molecular weight excluding hydrogens is 327 g/mol. The molecule has 0 aliphatic carbocycles. The maximum atomic E-state index is 12.4. The smallest absolute Gasteiger partial charge is 0.403 e. The van der Waals surface area contributed by atoms with Crippen LogP contribution in [-0.2, 0) is 4.79 Å². The highest BCUT2D eigenvalue weighted by molar-refractivity contribution is 9.10. The molecule has 7 heteroatoms. The van der Waals surface area contributed by atoms with Gasteiger partial charge in [0.15, 0.2) is 5.92 Å². The molecule has 0 heterocycles. The fourth-order valence-corrected chi connectivity index (χ4v) is 1.77. The number of hydrogen-bond acceptors (Lipinski definition) is 2. The summed E-state index contributed by atoms with van der Waals surface area (Å²) in [6.45, 7) is 1.02. The monoisotopic (exact) mass is 339 g/mol. The molecule has 2 unspecified atom stereocenters. The van der Waals surface area contributed by atoms with Crippen LogP contribution in [0.1, 0.15) is 18.5 Å². The van der Waals surface area contributed by atoms with Crippen LogP contribution >= 0.6 is 15.9 Å². The second-order valence-electron chi connectivity index (χ2n) is 4.11. The molecule has 0 fully saturated rings. The Balaban J connectivity index is 2.64. The van der Waals surface area contributed by atoms with Crippen LogP contribution in [0.5, 0.6) is 0 Å². The van der Waals surface area contributed by atoms with Crippen LogP contribution in [0.3, 0.4) is 0 Å². The lowest BCUT2D eigenvalue weighted by Crippen LogP contribution is -2.39. The number of carbonyl (C=O) groups is 1. The molecule has 2 N–H and O–H groups in total. The predicted molar refractivity (Wildman–Crippen MR) is 67.7 cm³/mol. The van der Waals surface area contributed by atoms with Crippen LogP contribution in [0.25, 0.3) is 0 Å². The van der Waals surface area contributed by atoms with Gasteiger partial charge in [-0.15, -0.1) is 0 Å². The van der Waals surface area contributed by atoms with Crippen LogP contribution in [0, 0.1) is 5.92 Å². The molecule has 0 aliphatic heterocycles. The molecule has 0 saturated carbocycles. The van der Waals surface area contributed by atoms with Gasteiger partial charge in [0.1, 0.15) is 0 Å². The lowest BCUT2D eigenvalue weighted by Gasteiger charge is -2.20. The van der Waals surface area contributed by atoms with Crippen molar-refractivity contribution in [2.75, 3.05) is 6.54 Å². The van der Waals surface area contributed by atoms with E-state index in [1.165, 1.54) is 0 Å². The van der Waals surface area contributed by atoms with Crippen molar-refractivity contribution in [1.82, 2.24) is 5.32 Å². The number of carboxylic acid groups (broad SMARTS) is 1. The van der Waals surface area contributed by atoms with E-state index in [2.05, 4.69) is 21.2 Å². The molecule has 1 aromatic rings. The van der Waals surface area contributed by atoms with Gasteiger partial charge in [-0.2, -0.15) is 13.2 Å². The molecule has 0 aliphatic rings. The Hall–Kier alpha value is -1.08. The van der Waals surface area contributed by atoms with Crippen LogP contribution in [-0.4, -0.2) is 23.8 Å². The molecular formula is C12H13BrF3NO2. The molecule has 0 spiro atoms. The van der Waals surface area contributed by atoms with E-state index in [4.69, 9.17) is 5.11 Å². The Bertz CT molecular complexity index is 434. The maximum absolute atomic E-state index is 12.4. The van der Waals surface area contributed by atoms with Crippen LogP contribution in [0.15, 0.2) is 28.7 Å². The summed E-state index contributed by atoms with van der Waals surface area (Å²) in [5.41, 5.74) is 0.787. The zero-order valence-corrected chi connectivity index (χ0v) is 11.6. The molecule has 19 heavy (non-hydrogen) atoms. The molecule has 2 atom stereocenters. The van der Waals surface area contributed by atoms with E-state index in [1.54, 1.807) is 31.2 Å². The Morgan fingerprint density at radius 1 is 1.37 bits per heavy atom. The molecule has 0 bridgehead atoms. The molecule has 106 valence electrons. The minimum absolute atomic E-state index is 0.364. The molecule has 1 rings (SSSR count). The van der Waals surface area contributed by atoms with Gasteiger partial charge in [0.25, 0.3) is 0 Å². The van der Waals surface area contributed by atoms with Gasteiger partial charge >= 0.3 is 12.1 Å². The second kappa shape index (κ2) is 6.38. The minimum atomic E-state index is -4.75. The molecule has 1 aromatic carbocycles. The van der Waals surface area contributed by atoms with Gasteiger partial charge in [-0.3, -0.25) is 4.79 Å². The van der Waals surface area contributed by atoms with E-state index in [0.717, 1.165) is 10.0 Å². The highest BCUT2D eigenvalue weighted by atomic mass is 79.9. The van der Waals surface area contributed by atoms with Crippen molar-refractivity contribution >= 4 is 21.9 Å². The average Bonchev–Trinajstić information content (AvgIpc) is 2.27. The second-order valence-corrected chi connectivity index (χ2v) is 5.03. The molecule has 0 aromatic heterocycles. The predicted octanol–water partition coefficient (Wildman–Crippen LogP) is 3.36. The zero-order valence-electron chi connectivity index (χ0n) is 10.0. The Morgan fingerprint density at radius 2 is 1.89 bits per heavy atom. The van der Waals surface area contributed by atoms with Gasteiger partial charge in [-0.25, -0.2) is 0 Å². The van der Waals surface area contributed by atoms with E-state index in [1.807, 2.05) is 0 Å². The molecule has 3 nitrogen and oxygen atoms in total. The van der Waals surface area contributed by atoms with Gasteiger partial charge in [-0.05, 0) is 24.6 Å². The highest BCUT2D eigenvalue weighted by Gasteiger charge is 2.44. The minimum Gasteiger partial charge on any atom is -0.481 e. The van der Waals surface area contributed by atoms with Crippen molar-refractivity contribution in [2.45, 2.75) is 19.1 Å². The summed E-state index contributed by atoms with van der Waals surface area (Å²) >= 11 is 3.26. The standard InChI is InChI=1S/C12H13BrF3NO2/c1-7(8-2-4-9(13)5-3-8)17-6-10(11(18)19)12(14,15)16/h2-5,7,10,17H,6H2,1H3,(H,18,19). The van der Waals surface area contributed by atoms with E-state index in [9.17, 15) is 18.0 Å². The number of nitrogens with one attached hydrogen (secondary N) is 1. The SMILES string of the molecule is CC(NCC(C(=O)O)C(F)(F)F)c1ccc(Br)cc1. The first-order chi connectivity index (χ1) is 8.71. The van der Waals surface area contributed by atoms with Crippen LogP contribution in [0.2, 0.25) is 0 Å². The van der Waals surface area contributed by atoms with E-state index < -0.39 is 24.6 Å². The van der Waals surface area contributed by atoms with Gasteiger partial charge in [-0.1, -0.05) is 28.1 Å².